The van der Waals surface area contributed by atoms with Gasteiger partial charge in [0.05, 0.1) is 0 Å². The van der Waals surface area contributed by atoms with Crippen LogP contribution in [0.5, 0.6) is 0 Å². The Balaban J connectivity index is 2.41. The van der Waals surface area contributed by atoms with Crippen molar-refractivity contribution in [3.63, 3.8) is 0 Å². The highest BCUT2D eigenvalue weighted by atomic mass is 28.4. The first-order valence-corrected chi connectivity index (χ1v) is 9.24. The summed E-state index contributed by atoms with van der Waals surface area (Å²) in [4.78, 5) is 31.6. The normalized spacial score (nSPS) is 12.1. The molecule has 0 saturated heterocycles. The highest BCUT2D eigenvalue weighted by molar-refractivity contribution is 6.62. The molecule has 3 N–H and O–H groups in total. The van der Waals surface area contributed by atoms with Gasteiger partial charge in [-0.2, -0.15) is 0 Å². The second-order valence-electron chi connectivity index (χ2n) is 5.48. The van der Waals surface area contributed by atoms with E-state index in [0.29, 0.717) is 16.7 Å². The smallest absolute Gasteiger partial charge is 0.389 e. The first kappa shape index (κ1) is 15.6. The van der Waals surface area contributed by atoms with Crippen molar-refractivity contribution in [2.75, 3.05) is 0 Å². The van der Waals surface area contributed by atoms with Crippen molar-refractivity contribution in [3.05, 3.63) is 108 Å². The zero-order valence-corrected chi connectivity index (χ0v) is 13.5. The van der Waals surface area contributed by atoms with Gasteiger partial charge >= 0.3 is 8.80 Å². The summed E-state index contributed by atoms with van der Waals surface area (Å²) >= 11 is 0. The maximum absolute atomic E-state index is 10.5. The van der Waals surface area contributed by atoms with Crippen LogP contribution >= 0.6 is 0 Å². The molecular formula is C19H18O3Si. The van der Waals surface area contributed by atoms with E-state index in [0.717, 1.165) is 0 Å². The summed E-state index contributed by atoms with van der Waals surface area (Å²) in [6.45, 7) is 0. The van der Waals surface area contributed by atoms with Crippen LogP contribution < -0.4 is 0 Å². The van der Waals surface area contributed by atoms with Crippen molar-refractivity contribution in [1.29, 1.82) is 0 Å². The van der Waals surface area contributed by atoms with E-state index in [-0.39, 0.29) is 0 Å². The maximum atomic E-state index is 10.5. The van der Waals surface area contributed by atoms with E-state index in [1.807, 2.05) is 91.0 Å². The highest BCUT2D eigenvalue weighted by Crippen LogP contribution is 2.43. The third-order valence-corrected chi connectivity index (χ3v) is 6.00. The summed E-state index contributed by atoms with van der Waals surface area (Å²) < 4.78 is 0. The number of hydrogen-bond donors (Lipinski definition) is 3. The van der Waals surface area contributed by atoms with Crippen molar-refractivity contribution in [1.82, 2.24) is 0 Å². The van der Waals surface area contributed by atoms with Crippen molar-refractivity contribution < 1.29 is 14.4 Å². The molecule has 0 aromatic heterocycles. The molecule has 0 spiro atoms. The zero-order valence-electron chi connectivity index (χ0n) is 12.5. The average molecular weight is 322 g/mol. The van der Waals surface area contributed by atoms with Gasteiger partial charge in [-0.05, 0) is 16.7 Å². The zero-order chi connectivity index (χ0) is 16.3. The van der Waals surface area contributed by atoms with E-state index in [9.17, 15) is 14.4 Å². The molecule has 0 saturated carbocycles. The molecule has 3 aromatic rings. The van der Waals surface area contributed by atoms with Crippen LogP contribution in [-0.4, -0.2) is 23.2 Å². The second kappa shape index (κ2) is 6.10. The summed E-state index contributed by atoms with van der Waals surface area (Å²) in [5.74, 6) is 0. The van der Waals surface area contributed by atoms with E-state index in [1.54, 1.807) is 0 Å². The molecule has 3 aromatic carbocycles. The minimum Gasteiger partial charge on any atom is -0.389 e. The van der Waals surface area contributed by atoms with Gasteiger partial charge in [-0.25, -0.2) is 0 Å². The molecule has 0 atom stereocenters. The second-order valence-corrected chi connectivity index (χ2v) is 7.50. The predicted octanol–water partition coefficient (Wildman–Crippen LogP) is 2.48. The Morgan fingerprint density at radius 2 is 0.739 bits per heavy atom. The lowest BCUT2D eigenvalue weighted by atomic mass is 9.84. The lowest BCUT2D eigenvalue weighted by Gasteiger charge is -2.39. The van der Waals surface area contributed by atoms with Crippen LogP contribution in [0.25, 0.3) is 0 Å². The van der Waals surface area contributed by atoms with Gasteiger partial charge in [-0.3, -0.25) is 0 Å². The molecule has 0 aliphatic rings. The summed E-state index contributed by atoms with van der Waals surface area (Å²) in [6, 6.07) is 27.4. The molecule has 0 bridgehead atoms. The largest absolute Gasteiger partial charge is 0.513 e. The van der Waals surface area contributed by atoms with E-state index >= 15 is 0 Å². The number of benzene rings is 3. The van der Waals surface area contributed by atoms with Crippen LogP contribution in [0.2, 0.25) is 0 Å². The fraction of sp³-hybridized carbons (Fsp3) is 0.0526. The van der Waals surface area contributed by atoms with Crippen LogP contribution in [0.3, 0.4) is 0 Å². The molecular weight excluding hydrogens is 304 g/mol. The Hall–Kier alpha value is -2.24. The molecule has 3 rings (SSSR count). The lowest BCUT2D eigenvalue weighted by molar-refractivity contribution is 0.201. The van der Waals surface area contributed by atoms with Gasteiger partial charge in [0.15, 0.2) is 0 Å². The van der Waals surface area contributed by atoms with Crippen LogP contribution in [0.1, 0.15) is 16.7 Å². The van der Waals surface area contributed by atoms with Gasteiger partial charge in [0, 0.05) is 0 Å². The van der Waals surface area contributed by atoms with Gasteiger partial charge in [0.2, 0.25) is 0 Å². The van der Waals surface area contributed by atoms with Crippen molar-refractivity contribution in [2.45, 2.75) is 5.04 Å². The van der Waals surface area contributed by atoms with Crippen molar-refractivity contribution in [2.24, 2.45) is 0 Å². The molecule has 0 aliphatic carbocycles. The first-order chi connectivity index (χ1) is 11.1. The molecule has 0 radical (unpaired) electrons. The Bertz CT molecular complexity index is 656. The predicted molar refractivity (Wildman–Crippen MR) is 91.6 cm³/mol. The Morgan fingerprint density at radius 1 is 0.478 bits per heavy atom. The molecule has 0 aliphatic heterocycles. The van der Waals surface area contributed by atoms with Gasteiger partial charge in [-0.15, -0.1) is 0 Å². The SMILES string of the molecule is O[Si](O)(O)C(c1ccccc1)(c1ccccc1)c1ccccc1. The topological polar surface area (TPSA) is 60.7 Å². The molecule has 23 heavy (non-hydrogen) atoms. The van der Waals surface area contributed by atoms with E-state index < -0.39 is 13.8 Å². The Morgan fingerprint density at radius 3 is 0.957 bits per heavy atom. The summed E-state index contributed by atoms with van der Waals surface area (Å²) in [7, 11) is -4.66. The highest BCUT2D eigenvalue weighted by Gasteiger charge is 2.57. The number of rotatable bonds is 4. The monoisotopic (exact) mass is 322 g/mol. The standard InChI is InChI=1S/C19H18O3Si/c20-23(21,22)19(16-10-4-1-5-11-16,17-12-6-2-7-13-17)18-14-8-3-9-15-18/h1-15,20-22H. The van der Waals surface area contributed by atoms with E-state index in [1.165, 1.54) is 0 Å². The van der Waals surface area contributed by atoms with Gasteiger partial charge in [-0.1, -0.05) is 91.0 Å². The van der Waals surface area contributed by atoms with Crippen LogP contribution in [-0.2, 0) is 5.04 Å². The quantitative estimate of drug-likeness (QED) is 0.511. The van der Waals surface area contributed by atoms with Crippen LogP contribution in [0, 0.1) is 0 Å². The molecule has 0 heterocycles. The fourth-order valence-electron chi connectivity index (χ4n) is 3.15. The van der Waals surface area contributed by atoms with Crippen molar-refractivity contribution >= 4 is 8.80 Å². The lowest BCUT2D eigenvalue weighted by Crippen LogP contribution is -2.58. The Kier molecular flexibility index (Phi) is 4.15. The molecule has 0 fully saturated rings. The average Bonchev–Trinajstić information content (AvgIpc) is 2.57. The van der Waals surface area contributed by atoms with Crippen LogP contribution in [0.4, 0.5) is 0 Å². The summed E-state index contributed by atoms with van der Waals surface area (Å²) in [5, 5.41) is -1.38. The molecule has 0 unspecified atom stereocenters. The fourth-order valence-corrected chi connectivity index (χ4v) is 4.81. The summed E-state index contributed by atoms with van der Waals surface area (Å²) in [5.41, 5.74) is 1.95. The first-order valence-electron chi connectivity index (χ1n) is 7.40. The maximum Gasteiger partial charge on any atom is 0.513 e. The molecule has 3 nitrogen and oxygen atoms in total. The minimum atomic E-state index is -4.66. The van der Waals surface area contributed by atoms with Gasteiger partial charge in [0.1, 0.15) is 5.04 Å². The number of hydrogen-bond acceptors (Lipinski definition) is 3. The third kappa shape index (κ3) is 2.62. The summed E-state index contributed by atoms with van der Waals surface area (Å²) in [6.07, 6.45) is 0. The van der Waals surface area contributed by atoms with Gasteiger partial charge < -0.3 is 14.4 Å². The van der Waals surface area contributed by atoms with E-state index in [4.69, 9.17) is 0 Å². The van der Waals surface area contributed by atoms with Crippen molar-refractivity contribution in [3.8, 4) is 0 Å². The molecule has 0 amide bonds. The molecule has 4 heteroatoms. The third-order valence-electron chi connectivity index (χ3n) is 4.12. The van der Waals surface area contributed by atoms with Crippen LogP contribution in [0.15, 0.2) is 91.0 Å². The Labute approximate surface area is 136 Å². The van der Waals surface area contributed by atoms with E-state index in [2.05, 4.69) is 0 Å². The van der Waals surface area contributed by atoms with Gasteiger partial charge in [0.25, 0.3) is 0 Å². The minimum absolute atomic E-state index is 0.650. The molecule has 116 valence electrons.